The van der Waals surface area contributed by atoms with E-state index in [0.717, 1.165) is 44.9 Å². The topological polar surface area (TPSA) is 55.8 Å². The molecule has 0 bridgehead atoms. The minimum absolute atomic E-state index is 0.168. The summed E-state index contributed by atoms with van der Waals surface area (Å²) in [6.07, 6.45) is 13.1. The Balaban J connectivity index is 1.35. The maximum Gasteiger partial charge on any atom is 0.356 e. The zero-order valence-corrected chi connectivity index (χ0v) is 22.7. The molecular weight excluding hydrogens is 460 g/mol. The van der Waals surface area contributed by atoms with Crippen molar-refractivity contribution in [2.24, 2.45) is 29.1 Å². The van der Waals surface area contributed by atoms with E-state index >= 15 is 0 Å². The lowest BCUT2D eigenvalue weighted by Gasteiger charge is -2.55. The fourth-order valence-corrected chi connectivity index (χ4v) is 8.51. The highest BCUT2D eigenvalue weighted by Gasteiger charge is 2.62. The van der Waals surface area contributed by atoms with E-state index in [0.29, 0.717) is 35.7 Å². The Hall–Kier alpha value is -2.53. The SMILES string of the molecule is C#C[C@]1(O)CC[C@H]2[C@@H]3[C@H](C)CC4=C(CC[C@H](OC(=O)[C@@](C#CC)(OC)c5ccccc5)C4)[C@H]3CC[C@@]21C. The second-order valence-corrected chi connectivity index (χ2v) is 12.0. The first-order valence-electron chi connectivity index (χ1n) is 13.9. The molecule has 0 radical (unpaired) electrons. The van der Waals surface area contributed by atoms with E-state index < -0.39 is 17.2 Å². The van der Waals surface area contributed by atoms with E-state index in [2.05, 4.69) is 31.6 Å². The van der Waals surface area contributed by atoms with Crippen LogP contribution in [0, 0.1) is 53.3 Å². The largest absolute Gasteiger partial charge is 0.459 e. The number of esters is 1. The molecule has 196 valence electrons. The number of benzene rings is 1. The molecule has 4 nitrogen and oxygen atoms in total. The Bertz CT molecular complexity index is 1180. The lowest BCUT2D eigenvalue weighted by molar-refractivity contribution is -0.169. The number of hydrogen-bond acceptors (Lipinski definition) is 4. The van der Waals surface area contributed by atoms with Crippen LogP contribution in [0.5, 0.6) is 0 Å². The summed E-state index contributed by atoms with van der Waals surface area (Å²) in [5.74, 6) is 10.3. The minimum Gasteiger partial charge on any atom is -0.459 e. The Morgan fingerprint density at radius 1 is 1.16 bits per heavy atom. The van der Waals surface area contributed by atoms with Gasteiger partial charge in [0.25, 0.3) is 5.60 Å². The molecule has 4 heteroatoms. The lowest BCUT2D eigenvalue weighted by atomic mass is 9.50. The molecule has 5 rings (SSSR count). The summed E-state index contributed by atoms with van der Waals surface area (Å²) in [6.45, 7) is 6.32. The van der Waals surface area contributed by atoms with Crippen molar-refractivity contribution in [3.05, 3.63) is 47.0 Å². The first-order valence-corrected chi connectivity index (χ1v) is 13.9. The van der Waals surface area contributed by atoms with Crippen LogP contribution in [0.4, 0.5) is 0 Å². The van der Waals surface area contributed by atoms with Crippen LogP contribution in [0.3, 0.4) is 0 Å². The van der Waals surface area contributed by atoms with Crippen molar-refractivity contribution >= 4 is 5.97 Å². The molecule has 1 N–H and O–H groups in total. The van der Waals surface area contributed by atoms with Gasteiger partial charge in [-0.25, -0.2) is 4.79 Å². The molecule has 4 aliphatic carbocycles. The van der Waals surface area contributed by atoms with Crippen molar-refractivity contribution in [2.75, 3.05) is 7.11 Å². The average molecular weight is 501 g/mol. The zero-order chi connectivity index (χ0) is 26.4. The molecule has 1 aromatic carbocycles. The van der Waals surface area contributed by atoms with Gasteiger partial charge in [-0.15, -0.1) is 12.3 Å². The molecule has 4 aliphatic rings. The number of rotatable bonds is 4. The van der Waals surface area contributed by atoms with E-state index in [1.807, 2.05) is 30.3 Å². The highest BCUT2D eigenvalue weighted by Crippen LogP contribution is 2.65. The van der Waals surface area contributed by atoms with Crippen LogP contribution in [0.2, 0.25) is 0 Å². The van der Waals surface area contributed by atoms with Crippen molar-refractivity contribution in [2.45, 2.75) is 89.4 Å². The predicted octanol–water partition coefficient (Wildman–Crippen LogP) is 5.79. The van der Waals surface area contributed by atoms with Gasteiger partial charge >= 0.3 is 5.97 Å². The number of ether oxygens (including phenoxy) is 2. The maximum absolute atomic E-state index is 13.6. The summed E-state index contributed by atoms with van der Waals surface area (Å²) in [5, 5.41) is 11.3. The van der Waals surface area contributed by atoms with Gasteiger partial charge in [-0.1, -0.05) is 67.2 Å². The third-order valence-corrected chi connectivity index (χ3v) is 10.4. The summed E-state index contributed by atoms with van der Waals surface area (Å²) in [4.78, 5) is 13.6. The Kier molecular flexibility index (Phi) is 6.81. The number of carbonyl (C=O) groups excluding carboxylic acids is 1. The van der Waals surface area contributed by atoms with Gasteiger partial charge in [-0.2, -0.15) is 0 Å². The first kappa shape index (κ1) is 26.1. The van der Waals surface area contributed by atoms with Crippen LogP contribution in [-0.4, -0.2) is 29.9 Å². The monoisotopic (exact) mass is 500 g/mol. The second kappa shape index (κ2) is 9.65. The molecule has 0 heterocycles. The summed E-state index contributed by atoms with van der Waals surface area (Å²) in [6, 6.07) is 9.40. The van der Waals surface area contributed by atoms with Gasteiger partial charge in [0.2, 0.25) is 0 Å². The van der Waals surface area contributed by atoms with Crippen LogP contribution >= 0.6 is 0 Å². The third kappa shape index (κ3) is 3.96. The van der Waals surface area contributed by atoms with Gasteiger partial charge in [0.05, 0.1) is 0 Å². The first-order chi connectivity index (χ1) is 17.7. The molecule has 0 aromatic heterocycles. The summed E-state index contributed by atoms with van der Waals surface area (Å²) in [5.41, 5.74) is 1.19. The van der Waals surface area contributed by atoms with E-state index in [1.54, 1.807) is 12.5 Å². The number of methoxy groups -OCH3 is 1. The smallest absolute Gasteiger partial charge is 0.356 e. The maximum atomic E-state index is 13.6. The Labute approximate surface area is 222 Å². The molecular formula is C33H40O4. The summed E-state index contributed by atoms with van der Waals surface area (Å²) in [7, 11) is 1.52. The number of carbonyl (C=O) groups is 1. The molecule has 2 saturated carbocycles. The molecule has 37 heavy (non-hydrogen) atoms. The standard InChI is InChI=1S/C33H40O4/c1-6-17-33(36-5,24-11-9-8-10-12-24)30(34)37-25-13-14-26-23(21-25)20-22(3)29-27(26)15-18-31(4)28(29)16-19-32(31,35)7-2/h2,8-12,22,25,27-29,35H,13-16,18-21H2,1,3-5H3/t22-,25+,27-,28+,29-,31+,32+,33+/m1/s1. The van der Waals surface area contributed by atoms with Gasteiger partial charge in [0.15, 0.2) is 0 Å². The molecule has 2 fully saturated rings. The predicted molar refractivity (Wildman–Crippen MR) is 144 cm³/mol. The highest BCUT2D eigenvalue weighted by molar-refractivity contribution is 5.85. The number of fused-ring (bicyclic) bond motifs is 4. The van der Waals surface area contributed by atoms with Crippen molar-refractivity contribution in [1.82, 2.24) is 0 Å². The second-order valence-electron chi connectivity index (χ2n) is 12.0. The Morgan fingerprint density at radius 2 is 1.92 bits per heavy atom. The fraction of sp³-hybridized carbons (Fsp3) is 0.606. The van der Waals surface area contributed by atoms with Gasteiger partial charge in [0.1, 0.15) is 11.7 Å². The molecule has 0 aliphatic heterocycles. The van der Waals surface area contributed by atoms with Crippen LogP contribution < -0.4 is 0 Å². The minimum atomic E-state index is -1.42. The summed E-state index contributed by atoms with van der Waals surface area (Å²) >= 11 is 0. The van der Waals surface area contributed by atoms with Crippen molar-refractivity contribution < 1.29 is 19.4 Å². The van der Waals surface area contributed by atoms with Crippen LogP contribution in [0.15, 0.2) is 41.5 Å². The van der Waals surface area contributed by atoms with E-state index in [9.17, 15) is 9.90 Å². The number of hydrogen-bond donors (Lipinski definition) is 1. The highest BCUT2D eigenvalue weighted by atomic mass is 16.6. The molecule has 8 atom stereocenters. The van der Waals surface area contributed by atoms with Crippen molar-refractivity contribution in [3.8, 4) is 24.2 Å². The zero-order valence-electron chi connectivity index (χ0n) is 22.7. The summed E-state index contributed by atoms with van der Waals surface area (Å²) < 4.78 is 11.9. The van der Waals surface area contributed by atoms with Crippen molar-refractivity contribution in [1.29, 1.82) is 0 Å². The van der Waals surface area contributed by atoms with Gasteiger partial charge in [0, 0.05) is 24.5 Å². The quantitative estimate of drug-likeness (QED) is 0.323. The van der Waals surface area contributed by atoms with Gasteiger partial charge < -0.3 is 14.6 Å². The van der Waals surface area contributed by atoms with E-state index in [1.165, 1.54) is 12.7 Å². The fourth-order valence-electron chi connectivity index (χ4n) is 8.51. The average Bonchev–Trinajstić information content (AvgIpc) is 3.18. The Morgan fingerprint density at radius 3 is 2.59 bits per heavy atom. The molecule has 1 aromatic rings. The van der Waals surface area contributed by atoms with Gasteiger partial charge in [-0.05, 0) is 75.5 Å². The van der Waals surface area contributed by atoms with Crippen LogP contribution in [0.1, 0.15) is 77.7 Å². The normalized spacial score (nSPS) is 38.1. The molecule has 0 saturated heterocycles. The number of allylic oxidation sites excluding steroid dienone is 1. The third-order valence-electron chi connectivity index (χ3n) is 10.4. The van der Waals surface area contributed by atoms with Crippen LogP contribution in [-0.2, 0) is 19.9 Å². The van der Waals surface area contributed by atoms with Crippen molar-refractivity contribution in [3.63, 3.8) is 0 Å². The molecule has 0 spiro atoms. The number of terminal acetylenes is 1. The molecule has 0 amide bonds. The number of aliphatic hydroxyl groups is 1. The van der Waals surface area contributed by atoms with Gasteiger partial charge in [-0.3, -0.25) is 0 Å². The molecule has 0 unspecified atom stereocenters. The van der Waals surface area contributed by atoms with E-state index in [-0.39, 0.29) is 11.5 Å². The van der Waals surface area contributed by atoms with E-state index in [4.69, 9.17) is 15.9 Å². The van der Waals surface area contributed by atoms with Crippen LogP contribution in [0.25, 0.3) is 0 Å². The lowest BCUT2D eigenvalue weighted by Crippen LogP contribution is -2.52.